The molecule has 0 heterocycles. The Bertz CT molecular complexity index is 396. The van der Waals surface area contributed by atoms with Crippen LogP contribution in [0, 0.1) is 11.3 Å². The van der Waals surface area contributed by atoms with Crippen LogP contribution in [-0.4, -0.2) is 12.6 Å². The Morgan fingerprint density at radius 2 is 1.89 bits per heavy atom. The van der Waals surface area contributed by atoms with Gasteiger partial charge in [0.25, 0.3) is 0 Å². The van der Waals surface area contributed by atoms with Crippen LogP contribution in [0.25, 0.3) is 0 Å². The first-order valence-corrected chi connectivity index (χ1v) is 7.49. The van der Waals surface area contributed by atoms with Crippen molar-refractivity contribution in [3.8, 4) is 5.75 Å². The number of nitrogens with one attached hydrogen (secondary N) is 1. The monoisotopic (exact) mass is 261 g/mol. The topological polar surface area (TPSA) is 21.3 Å². The van der Waals surface area contributed by atoms with E-state index in [1.165, 1.54) is 18.5 Å². The zero-order valence-corrected chi connectivity index (χ0v) is 12.7. The molecule has 2 unspecified atom stereocenters. The Kier molecular flexibility index (Phi) is 4.38. The molecule has 1 aromatic rings. The fourth-order valence-corrected chi connectivity index (χ4v) is 3.17. The SMILES string of the molecule is CCCOc1ccc(NC2CC(C)(C)CC2C)cc1. The van der Waals surface area contributed by atoms with Gasteiger partial charge in [-0.1, -0.05) is 27.7 Å². The first-order chi connectivity index (χ1) is 9.00. The fraction of sp³-hybridized carbons (Fsp3) is 0.647. The molecule has 2 atom stereocenters. The average molecular weight is 261 g/mol. The third-order valence-electron chi connectivity index (χ3n) is 4.01. The molecule has 1 aliphatic rings. The van der Waals surface area contributed by atoms with Gasteiger partial charge in [-0.3, -0.25) is 0 Å². The number of hydrogen-bond donors (Lipinski definition) is 1. The third-order valence-corrected chi connectivity index (χ3v) is 4.01. The van der Waals surface area contributed by atoms with Gasteiger partial charge in [0.15, 0.2) is 0 Å². The maximum absolute atomic E-state index is 5.61. The van der Waals surface area contributed by atoms with Crippen LogP contribution in [0.4, 0.5) is 5.69 Å². The summed E-state index contributed by atoms with van der Waals surface area (Å²) >= 11 is 0. The Morgan fingerprint density at radius 1 is 1.21 bits per heavy atom. The van der Waals surface area contributed by atoms with Gasteiger partial charge in [0.2, 0.25) is 0 Å². The van der Waals surface area contributed by atoms with Crippen molar-refractivity contribution in [2.75, 3.05) is 11.9 Å². The molecule has 1 saturated carbocycles. The third kappa shape index (κ3) is 3.89. The molecule has 1 aromatic carbocycles. The van der Waals surface area contributed by atoms with Crippen LogP contribution >= 0.6 is 0 Å². The molecule has 106 valence electrons. The summed E-state index contributed by atoms with van der Waals surface area (Å²) in [5.74, 6) is 1.71. The maximum Gasteiger partial charge on any atom is 0.119 e. The van der Waals surface area contributed by atoms with Crippen molar-refractivity contribution in [2.24, 2.45) is 11.3 Å². The van der Waals surface area contributed by atoms with E-state index in [9.17, 15) is 0 Å². The molecule has 1 N–H and O–H groups in total. The van der Waals surface area contributed by atoms with E-state index in [-0.39, 0.29) is 0 Å². The maximum atomic E-state index is 5.61. The lowest BCUT2D eigenvalue weighted by Gasteiger charge is -2.20. The van der Waals surface area contributed by atoms with Crippen LogP contribution in [0.15, 0.2) is 24.3 Å². The Balaban J connectivity index is 1.93. The molecule has 0 bridgehead atoms. The fourth-order valence-electron chi connectivity index (χ4n) is 3.17. The molecule has 2 heteroatoms. The summed E-state index contributed by atoms with van der Waals surface area (Å²) in [4.78, 5) is 0. The van der Waals surface area contributed by atoms with Crippen molar-refractivity contribution < 1.29 is 4.74 Å². The van der Waals surface area contributed by atoms with E-state index in [1.54, 1.807) is 0 Å². The lowest BCUT2D eigenvalue weighted by molar-refractivity contribution is 0.317. The van der Waals surface area contributed by atoms with Crippen molar-refractivity contribution in [1.29, 1.82) is 0 Å². The van der Waals surface area contributed by atoms with Gasteiger partial charge in [0.1, 0.15) is 5.75 Å². The minimum Gasteiger partial charge on any atom is -0.494 e. The van der Waals surface area contributed by atoms with Gasteiger partial charge < -0.3 is 10.1 Å². The second kappa shape index (κ2) is 5.85. The second-order valence-corrected chi connectivity index (χ2v) is 6.67. The zero-order chi connectivity index (χ0) is 13.9. The van der Waals surface area contributed by atoms with E-state index >= 15 is 0 Å². The number of benzene rings is 1. The van der Waals surface area contributed by atoms with E-state index < -0.39 is 0 Å². The van der Waals surface area contributed by atoms with E-state index in [1.807, 2.05) is 0 Å². The molecule has 2 rings (SSSR count). The van der Waals surface area contributed by atoms with E-state index in [2.05, 4.69) is 57.3 Å². The summed E-state index contributed by atoms with van der Waals surface area (Å²) in [5.41, 5.74) is 1.68. The summed E-state index contributed by atoms with van der Waals surface area (Å²) in [5, 5.41) is 3.67. The highest BCUT2D eigenvalue weighted by Crippen LogP contribution is 2.42. The van der Waals surface area contributed by atoms with E-state index in [0.717, 1.165) is 24.7 Å². The van der Waals surface area contributed by atoms with Gasteiger partial charge in [-0.25, -0.2) is 0 Å². The second-order valence-electron chi connectivity index (χ2n) is 6.67. The molecule has 2 nitrogen and oxygen atoms in total. The van der Waals surface area contributed by atoms with Crippen molar-refractivity contribution in [3.05, 3.63) is 24.3 Å². The highest BCUT2D eigenvalue weighted by Gasteiger charge is 2.36. The number of anilines is 1. The minimum absolute atomic E-state index is 0.473. The molecule has 1 fully saturated rings. The van der Waals surface area contributed by atoms with Crippen LogP contribution in [0.3, 0.4) is 0 Å². The van der Waals surface area contributed by atoms with Crippen LogP contribution in [-0.2, 0) is 0 Å². The summed E-state index contributed by atoms with van der Waals surface area (Å²) < 4.78 is 5.61. The van der Waals surface area contributed by atoms with Crippen molar-refractivity contribution in [3.63, 3.8) is 0 Å². The quantitative estimate of drug-likeness (QED) is 0.828. The first-order valence-electron chi connectivity index (χ1n) is 7.49. The van der Waals surface area contributed by atoms with Gasteiger partial charge >= 0.3 is 0 Å². The Hall–Kier alpha value is -1.18. The molecular weight excluding hydrogens is 234 g/mol. The van der Waals surface area contributed by atoms with Crippen molar-refractivity contribution in [1.82, 2.24) is 0 Å². The zero-order valence-electron chi connectivity index (χ0n) is 12.7. The number of rotatable bonds is 5. The van der Waals surface area contributed by atoms with Gasteiger partial charge in [-0.15, -0.1) is 0 Å². The molecular formula is C17H27NO. The summed E-state index contributed by atoms with van der Waals surface area (Å²) in [6.07, 6.45) is 3.61. The van der Waals surface area contributed by atoms with Crippen molar-refractivity contribution >= 4 is 5.69 Å². The smallest absolute Gasteiger partial charge is 0.119 e. The van der Waals surface area contributed by atoms with Gasteiger partial charge in [-0.05, 0) is 54.9 Å². The number of hydrogen-bond acceptors (Lipinski definition) is 2. The van der Waals surface area contributed by atoms with E-state index in [0.29, 0.717) is 11.5 Å². The Morgan fingerprint density at radius 3 is 2.42 bits per heavy atom. The molecule has 19 heavy (non-hydrogen) atoms. The number of ether oxygens (including phenoxy) is 1. The average Bonchev–Trinajstić information content (AvgIpc) is 2.61. The standard InChI is InChI=1S/C17H27NO/c1-5-10-19-15-8-6-14(7-9-15)18-16-12-17(3,4)11-13(16)2/h6-9,13,16,18H,5,10-12H2,1-4H3. The van der Waals surface area contributed by atoms with Gasteiger partial charge in [0, 0.05) is 11.7 Å². The molecule has 0 radical (unpaired) electrons. The Labute approximate surface area is 117 Å². The lowest BCUT2D eigenvalue weighted by Crippen LogP contribution is -2.22. The lowest BCUT2D eigenvalue weighted by atomic mass is 9.91. The minimum atomic E-state index is 0.473. The summed E-state index contributed by atoms with van der Waals surface area (Å²) in [7, 11) is 0. The highest BCUT2D eigenvalue weighted by atomic mass is 16.5. The molecule has 0 aliphatic heterocycles. The van der Waals surface area contributed by atoms with Crippen molar-refractivity contribution in [2.45, 2.75) is 53.0 Å². The van der Waals surface area contributed by atoms with Gasteiger partial charge in [-0.2, -0.15) is 0 Å². The van der Waals surface area contributed by atoms with Crippen LogP contribution in [0.5, 0.6) is 5.75 Å². The van der Waals surface area contributed by atoms with Crippen LogP contribution < -0.4 is 10.1 Å². The molecule has 1 aliphatic carbocycles. The molecule has 0 amide bonds. The summed E-state index contributed by atoms with van der Waals surface area (Å²) in [6.45, 7) is 10.0. The summed E-state index contributed by atoms with van der Waals surface area (Å²) in [6, 6.07) is 8.97. The van der Waals surface area contributed by atoms with Gasteiger partial charge in [0.05, 0.1) is 6.61 Å². The highest BCUT2D eigenvalue weighted by molar-refractivity contribution is 5.47. The molecule has 0 saturated heterocycles. The normalized spacial score (nSPS) is 25.3. The predicted octanol–water partition coefficient (Wildman–Crippen LogP) is 4.71. The largest absolute Gasteiger partial charge is 0.494 e. The van der Waals surface area contributed by atoms with Crippen LogP contribution in [0.1, 0.15) is 47.0 Å². The molecule has 0 spiro atoms. The van der Waals surface area contributed by atoms with Crippen LogP contribution in [0.2, 0.25) is 0 Å². The van der Waals surface area contributed by atoms with E-state index in [4.69, 9.17) is 4.74 Å². The predicted molar refractivity (Wildman–Crippen MR) is 81.8 cm³/mol. The molecule has 0 aromatic heterocycles. The first kappa shape index (κ1) is 14.2.